The van der Waals surface area contributed by atoms with Crippen molar-refractivity contribution in [3.8, 4) is 5.75 Å². The predicted octanol–water partition coefficient (Wildman–Crippen LogP) is 4.58. The number of carbonyl (C=O) groups excluding carboxylic acids is 1. The predicted molar refractivity (Wildman–Crippen MR) is 92.7 cm³/mol. The molecule has 0 aromatic heterocycles. The van der Waals surface area contributed by atoms with Crippen LogP contribution >= 0.6 is 47.8 Å². The normalized spacial score (nSPS) is 10.9. The molecule has 0 aliphatic heterocycles. The average molecular weight is 495 g/mol. The highest BCUT2D eigenvalue weighted by Crippen LogP contribution is 2.38. The fourth-order valence-corrected chi connectivity index (χ4v) is 3.89. The van der Waals surface area contributed by atoms with Crippen LogP contribution in [0.2, 0.25) is 0 Å². The summed E-state index contributed by atoms with van der Waals surface area (Å²) < 4.78 is 14.6. The van der Waals surface area contributed by atoms with Gasteiger partial charge in [0.2, 0.25) is 0 Å². The van der Waals surface area contributed by atoms with E-state index in [1.54, 1.807) is 6.07 Å². The van der Waals surface area contributed by atoms with Crippen molar-refractivity contribution in [1.29, 1.82) is 0 Å². The summed E-state index contributed by atoms with van der Waals surface area (Å²) in [5.74, 6) is -1.02. The topological polar surface area (TPSA) is 61.7 Å². The molecule has 0 atom stereocenters. The fraction of sp³-hybridized carbons (Fsp3) is 0. The van der Waals surface area contributed by atoms with Crippen molar-refractivity contribution in [2.24, 2.45) is 5.10 Å². The van der Waals surface area contributed by atoms with Gasteiger partial charge in [0, 0.05) is 15.6 Å². The second kappa shape index (κ2) is 7.34. The molecule has 0 aliphatic rings. The van der Waals surface area contributed by atoms with Gasteiger partial charge in [-0.2, -0.15) is 5.10 Å². The molecule has 0 heterocycles. The molecule has 0 fully saturated rings. The van der Waals surface area contributed by atoms with E-state index in [2.05, 4.69) is 58.3 Å². The van der Waals surface area contributed by atoms with Crippen molar-refractivity contribution in [3.05, 3.63) is 60.7 Å². The van der Waals surface area contributed by atoms with E-state index in [0.717, 1.165) is 6.07 Å². The van der Waals surface area contributed by atoms with Gasteiger partial charge < -0.3 is 5.11 Å². The van der Waals surface area contributed by atoms with Crippen molar-refractivity contribution in [1.82, 2.24) is 5.43 Å². The van der Waals surface area contributed by atoms with Gasteiger partial charge in [-0.05, 0) is 56.1 Å². The lowest BCUT2D eigenvalue weighted by Crippen LogP contribution is -2.17. The van der Waals surface area contributed by atoms with Gasteiger partial charge in [-0.1, -0.05) is 22.0 Å². The molecule has 0 spiro atoms. The third-order valence-electron chi connectivity index (χ3n) is 2.63. The third kappa shape index (κ3) is 3.93. The van der Waals surface area contributed by atoms with E-state index in [4.69, 9.17) is 0 Å². The zero-order valence-corrected chi connectivity index (χ0v) is 15.5. The zero-order chi connectivity index (χ0) is 16.3. The molecule has 0 aliphatic carbocycles. The Kier molecular flexibility index (Phi) is 5.71. The minimum absolute atomic E-state index is 0.0149. The molecule has 0 unspecified atom stereocenters. The molecule has 2 rings (SSSR count). The largest absolute Gasteiger partial charge is 0.506 e. The van der Waals surface area contributed by atoms with E-state index in [9.17, 15) is 14.3 Å². The first-order chi connectivity index (χ1) is 10.4. The van der Waals surface area contributed by atoms with Crippen LogP contribution in [0.5, 0.6) is 5.75 Å². The Bertz CT molecular complexity index is 766. The number of amides is 1. The molecule has 0 saturated carbocycles. The number of nitrogens with one attached hydrogen (secondary N) is 1. The van der Waals surface area contributed by atoms with Crippen LogP contribution in [0.3, 0.4) is 0 Å². The average Bonchev–Trinajstić information content (AvgIpc) is 2.48. The number of rotatable bonds is 3. The molecule has 2 N–H and O–H groups in total. The van der Waals surface area contributed by atoms with Crippen molar-refractivity contribution in [3.63, 3.8) is 0 Å². The van der Waals surface area contributed by atoms with Crippen LogP contribution in [0.15, 0.2) is 48.9 Å². The standard InChI is InChI=1S/C14H8Br3FN2O2/c15-10-5-11(16)13(21)12(17)9(10)6-19-20-14(22)7-2-1-3-8(18)4-7/h1-6,21H,(H,20,22). The first-order valence-corrected chi connectivity index (χ1v) is 8.23. The molecular formula is C14H8Br3FN2O2. The SMILES string of the molecule is O=C(NN=Cc1c(Br)cc(Br)c(O)c1Br)c1cccc(F)c1. The first kappa shape index (κ1) is 17.1. The Morgan fingerprint density at radius 3 is 2.64 bits per heavy atom. The number of hydrogen-bond donors (Lipinski definition) is 2. The quantitative estimate of drug-likeness (QED) is 0.484. The highest BCUT2D eigenvalue weighted by atomic mass is 79.9. The zero-order valence-electron chi connectivity index (χ0n) is 10.8. The van der Waals surface area contributed by atoms with E-state index in [0.29, 0.717) is 19.0 Å². The molecule has 114 valence electrons. The smallest absolute Gasteiger partial charge is 0.271 e. The van der Waals surface area contributed by atoms with Crippen LogP contribution in [0, 0.1) is 5.82 Å². The fourth-order valence-electron chi connectivity index (χ4n) is 1.56. The van der Waals surface area contributed by atoms with Crippen LogP contribution in [0.25, 0.3) is 0 Å². The maximum atomic E-state index is 13.0. The minimum Gasteiger partial charge on any atom is -0.506 e. The second-order valence-corrected chi connectivity index (χ2v) is 6.63. The lowest BCUT2D eigenvalue weighted by molar-refractivity contribution is 0.0954. The molecule has 22 heavy (non-hydrogen) atoms. The molecule has 4 nitrogen and oxygen atoms in total. The van der Waals surface area contributed by atoms with Crippen molar-refractivity contribution >= 4 is 59.9 Å². The number of halogens is 4. The van der Waals surface area contributed by atoms with Gasteiger partial charge in [0.1, 0.15) is 11.6 Å². The van der Waals surface area contributed by atoms with Crippen molar-refractivity contribution in [2.45, 2.75) is 0 Å². The van der Waals surface area contributed by atoms with Crippen LogP contribution in [-0.4, -0.2) is 17.2 Å². The summed E-state index contributed by atoms with van der Waals surface area (Å²) in [7, 11) is 0. The van der Waals surface area contributed by atoms with E-state index in [1.165, 1.54) is 24.4 Å². The Morgan fingerprint density at radius 1 is 1.23 bits per heavy atom. The summed E-state index contributed by atoms with van der Waals surface area (Å²) in [5.41, 5.74) is 2.99. The number of phenols is 1. The monoisotopic (exact) mass is 492 g/mol. The van der Waals surface area contributed by atoms with E-state index >= 15 is 0 Å². The Balaban J connectivity index is 2.17. The third-order valence-corrected chi connectivity index (χ3v) is 4.69. The Morgan fingerprint density at radius 2 is 1.95 bits per heavy atom. The maximum Gasteiger partial charge on any atom is 0.271 e. The first-order valence-electron chi connectivity index (χ1n) is 5.85. The van der Waals surface area contributed by atoms with Gasteiger partial charge >= 0.3 is 0 Å². The highest BCUT2D eigenvalue weighted by molar-refractivity contribution is 9.11. The Hall–Kier alpha value is -1.25. The van der Waals surface area contributed by atoms with Gasteiger partial charge in [0.15, 0.2) is 0 Å². The molecule has 2 aromatic rings. The van der Waals surface area contributed by atoms with E-state index < -0.39 is 11.7 Å². The maximum absolute atomic E-state index is 13.0. The summed E-state index contributed by atoms with van der Waals surface area (Å²) in [4.78, 5) is 11.8. The van der Waals surface area contributed by atoms with Crippen LogP contribution in [0.1, 0.15) is 15.9 Å². The lowest BCUT2D eigenvalue weighted by Gasteiger charge is -2.06. The summed E-state index contributed by atoms with van der Waals surface area (Å²) in [5, 5.41) is 13.6. The lowest BCUT2D eigenvalue weighted by atomic mass is 10.2. The molecule has 2 aromatic carbocycles. The summed E-state index contributed by atoms with van der Waals surface area (Å²) >= 11 is 9.77. The summed E-state index contributed by atoms with van der Waals surface area (Å²) in [6.45, 7) is 0. The van der Waals surface area contributed by atoms with Gasteiger partial charge in [0.25, 0.3) is 5.91 Å². The van der Waals surface area contributed by atoms with Crippen LogP contribution in [0.4, 0.5) is 4.39 Å². The number of nitrogens with zero attached hydrogens (tertiary/aromatic N) is 1. The number of phenolic OH excluding ortho intramolecular Hbond substituents is 1. The van der Waals surface area contributed by atoms with Gasteiger partial charge in [-0.15, -0.1) is 0 Å². The van der Waals surface area contributed by atoms with Crippen LogP contribution < -0.4 is 5.43 Å². The molecule has 1 amide bonds. The summed E-state index contributed by atoms with van der Waals surface area (Å²) in [6.07, 6.45) is 1.36. The van der Waals surface area contributed by atoms with Crippen LogP contribution in [-0.2, 0) is 0 Å². The number of carbonyl (C=O) groups is 1. The number of hydrogen-bond acceptors (Lipinski definition) is 3. The summed E-state index contributed by atoms with van der Waals surface area (Å²) in [6, 6.07) is 6.93. The van der Waals surface area contributed by atoms with Gasteiger partial charge in [-0.25, -0.2) is 9.82 Å². The molecule has 0 radical (unpaired) electrons. The molecule has 8 heteroatoms. The highest BCUT2D eigenvalue weighted by Gasteiger charge is 2.12. The van der Waals surface area contributed by atoms with Gasteiger partial charge in [0.05, 0.1) is 15.2 Å². The van der Waals surface area contributed by atoms with Crippen molar-refractivity contribution < 1.29 is 14.3 Å². The molecule has 0 bridgehead atoms. The number of benzene rings is 2. The number of hydrazone groups is 1. The van der Waals surface area contributed by atoms with E-state index in [1.807, 2.05) is 0 Å². The second-order valence-electron chi connectivity index (χ2n) is 4.13. The number of aromatic hydroxyl groups is 1. The Labute approximate surface area is 150 Å². The van der Waals surface area contributed by atoms with E-state index in [-0.39, 0.29) is 11.3 Å². The molecular weight excluding hydrogens is 487 g/mol. The minimum atomic E-state index is -0.538. The van der Waals surface area contributed by atoms with Gasteiger partial charge in [-0.3, -0.25) is 4.79 Å². The van der Waals surface area contributed by atoms with Crippen molar-refractivity contribution in [2.75, 3.05) is 0 Å². The molecule has 0 saturated heterocycles.